The number of nitrogens with zero attached hydrogens (tertiary/aromatic N) is 1. The lowest BCUT2D eigenvalue weighted by molar-refractivity contribution is -0.145. The van der Waals surface area contributed by atoms with Gasteiger partial charge < -0.3 is 38.7 Å². The third-order valence-corrected chi connectivity index (χ3v) is 7.30. The molecule has 4 atom stereocenters. The van der Waals surface area contributed by atoms with Gasteiger partial charge in [0.05, 0.1) is 25.4 Å². The molecule has 10 heteroatoms. The van der Waals surface area contributed by atoms with Crippen molar-refractivity contribution in [2.75, 3.05) is 27.1 Å². The van der Waals surface area contributed by atoms with E-state index in [1.807, 2.05) is 52.1 Å². The molecule has 2 aliphatic heterocycles. The molecule has 2 aliphatic rings. The first-order valence-corrected chi connectivity index (χ1v) is 14.8. The van der Waals surface area contributed by atoms with Gasteiger partial charge in [-0.25, -0.2) is 9.78 Å². The Kier molecular flexibility index (Phi) is 11.6. The average Bonchev–Trinajstić information content (AvgIpc) is 3.57. The summed E-state index contributed by atoms with van der Waals surface area (Å²) in [7, 11) is 1.54. The number of carbonyl (C=O) groups excluding carboxylic acids is 1. The van der Waals surface area contributed by atoms with Gasteiger partial charge in [0.1, 0.15) is 29.0 Å². The van der Waals surface area contributed by atoms with Gasteiger partial charge in [0.25, 0.3) is 0 Å². The lowest BCUT2D eigenvalue weighted by Crippen LogP contribution is -2.23. The van der Waals surface area contributed by atoms with E-state index in [1.165, 1.54) is 7.11 Å². The standard InChI is InChI=1S/C32H45N3O7/c1-22-10-8-12-26-27(42-32(3,4)41-26)13-9-11-24-18-25(38-17-7-6-14-33-20-29-34-15-16-35-29)19-28(39-21-37-5)30(24)31(36)40-23(22)2/h8-11,15-16,18-19,22-23,26-27,33H,6-7,12-14,17,20-21H2,1-5H3,(H,34,35)/b10-8-,11-9+/t22-,23+,26-,27+/m1/s1. The van der Waals surface area contributed by atoms with Gasteiger partial charge in [0.2, 0.25) is 0 Å². The molecule has 0 aliphatic carbocycles. The third-order valence-electron chi connectivity index (χ3n) is 7.30. The van der Waals surface area contributed by atoms with Crippen LogP contribution in [0.15, 0.2) is 42.8 Å². The molecular formula is C32H45N3O7. The Bertz CT molecular complexity index is 1190. The molecule has 0 bridgehead atoms. The van der Waals surface area contributed by atoms with Crippen LogP contribution in [0.1, 0.15) is 75.1 Å². The van der Waals surface area contributed by atoms with Gasteiger partial charge in [-0.15, -0.1) is 0 Å². The van der Waals surface area contributed by atoms with Crippen molar-refractivity contribution in [1.29, 1.82) is 0 Å². The van der Waals surface area contributed by atoms with Crippen LogP contribution in [0.3, 0.4) is 0 Å². The molecule has 1 aromatic carbocycles. The van der Waals surface area contributed by atoms with Crippen LogP contribution < -0.4 is 14.8 Å². The molecule has 0 saturated carbocycles. The van der Waals surface area contributed by atoms with E-state index in [0.29, 0.717) is 42.2 Å². The first-order chi connectivity index (χ1) is 20.3. The number of hydrogen-bond acceptors (Lipinski definition) is 9. The second-order valence-electron chi connectivity index (χ2n) is 11.2. The fourth-order valence-corrected chi connectivity index (χ4v) is 4.98. The van der Waals surface area contributed by atoms with E-state index < -0.39 is 11.8 Å². The molecule has 1 saturated heterocycles. The van der Waals surface area contributed by atoms with Crippen molar-refractivity contribution in [3.63, 3.8) is 0 Å². The number of carbonyl (C=O) groups is 1. The molecule has 1 fully saturated rings. The van der Waals surface area contributed by atoms with E-state index in [0.717, 1.165) is 31.6 Å². The number of aromatic amines is 1. The Balaban J connectivity index is 1.52. The lowest BCUT2D eigenvalue weighted by atomic mass is 10.00. The van der Waals surface area contributed by atoms with Gasteiger partial charge in [-0.05, 0) is 64.6 Å². The van der Waals surface area contributed by atoms with Gasteiger partial charge in [-0.3, -0.25) is 0 Å². The normalized spacial score (nSPS) is 25.5. The maximum absolute atomic E-state index is 13.5. The predicted molar refractivity (Wildman–Crippen MR) is 159 cm³/mol. The number of cyclic esters (lactones) is 1. The summed E-state index contributed by atoms with van der Waals surface area (Å²) in [5, 5.41) is 3.37. The van der Waals surface area contributed by atoms with Crippen molar-refractivity contribution < 1.29 is 33.2 Å². The van der Waals surface area contributed by atoms with E-state index in [-0.39, 0.29) is 31.0 Å². The van der Waals surface area contributed by atoms with Crippen molar-refractivity contribution in [2.45, 2.75) is 84.0 Å². The minimum absolute atomic E-state index is 0.00388. The minimum Gasteiger partial charge on any atom is -0.493 e. The second kappa shape index (κ2) is 15.3. The van der Waals surface area contributed by atoms with E-state index >= 15 is 0 Å². The Morgan fingerprint density at radius 3 is 2.62 bits per heavy atom. The average molecular weight is 584 g/mol. The molecule has 42 heavy (non-hydrogen) atoms. The van der Waals surface area contributed by atoms with Crippen molar-refractivity contribution >= 4 is 12.0 Å². The highest BCUT2D eigenvalue weighted by Crippen LogP contribution is 2.35. The van der Waals surface area contributed by atoms with E-state index in [9.17, 15) is 4.79 Å². The van der Waals surface area contributed by atoms with Crippen LogP contribution in [0, 0.1) is 5.92 Å². The van der Waals surface area contributed by atoms with Crippen molar-refractivity contribution in [3.8, 4) is 11.5 Å². The topological polar surface area (TPSA) is 113 Å². The summed E-state index contributed by atoms with van der Waals surface area (Å²) in [5.41, 5.74) is 0.976. The van der Waals surface area contributed by atoms with Crippen LogP contribution in [0.2, 0.25) is 0 Å². The molecular weight excluding hydrogens is 538 g/mol. The molecule has 2 aromatic rings. The van der Waals surface area contributed by atoms with Crippen molar-refractivity contribution in [1.82, 2.24) is 15.3 Å². The van der Waals surface area contributed by atoms with Crippen molar-refractivity contribution in [2.24, 2.45) is 5.92 Å². The zero-order valence-electron chi connectivity index (χ0n) is 25.4. The summed E-state index contributed by atoms with van der Waals surface area (Å²) in [6.07, 6.45) is 14.2. The summed E-state index contributed by atoms with van der Waals surface area (Å²) in [4.78, 5) is 20.8. The number of hydrogen-bond donors (Lipinski definition) is 2. The smallest absolute Gasteiger partial charge is 0.342 e. The largest absolute Gasteiger partial charge is 0.493 e. The Labute approximate surface area is 248 Å². The number of benzene rings is 1. The molecule has 1 aromatic heterocycles. The molecule has 230 valence electrons. The summed E-state index contributed by atoms with van der Waals surface area (Å²) in [6.45, 7) is 9.84. The maximum Gasteiger partial charge on any atom is 0.342 e. The summed E-state index contributed by atoms with van der Waals surface area (Å²) in [6, 6.07) is 3.58. The summed E-state index contributed by atoms with van der Waals surface area (Å²) in [5.74, 6) is 0.755. The van der Waals surface area contributed by atoms with Crippen molar-refractivity contribution in [3.05, 3.63) is 59.7 Å². The fraction of sp³-hybridized carbons (Fsp3) is 0.562. The Hall–Kier alpha value is -3.18. The second-order valence-corrected chi connectivity index (χ2v) is 11.2. The number of aromatic nitrogens is 2. The molecule has 10 nitrogen and oxygen atoms in total. The molecule has 4 rings (SSSR count). The number of H-pyrrole nitrogens is 1. The SMILES string of the molecule is COCOc1cc(OCCCCNCc2ncc[nH]2)cc2c1C(=O)O[C@@H](C)[C@H](C)/C=C\C[C@H]1OC(C)(C)O[C@H]1C/C=C/2. The van der Waals surface area contributed by atoms with E-state index in [4.69, 9.17) is 28.4 Å². The van der Waals surface area contributed by atoms with Crippen LogP contribution in [-0.4, -0.2) is 67.1 Å². The highest BCUT2D eigenvalue weighted by Gasteiger charge is 2.40. The van der Waals surface area contributed by atoms with Gasteiger partial charge in [-0.2, -0.15) is 0 Å². The molecule has 0 spiro atoms. The number of imidazole rings is 1. The van der Waals surface area contributed by atoms with E-state index in [1.54, 1.807) is 12.3 Å². The number of ether oxygens (including phenoxy) is 6. The summed E-state index contributed by atoms with van der Waals surface area (Å²) >= 11 is 0. The molecule has 3 heterocycles. The van der Waals surface area contributed by atoms with Crippen LogP contribution in [0.4, 0.5) is 0 Å². The highest BCUT2D eigenvalue weighted by atomic mass is 16.7. The number of rotatable bonds is 11. The minimum atomic E-state index is -0.655. The number of nitrogens with one attached hydrogen (secondary N) is 2. The zero-order valence-corrected chi connectivity index (χ0v) is 25.4. The summed E-state index contributed by atoms with van der Waals surface area (Å²) < 4.78 is 35.5. The third kappa shape index (κ3) is 9.16. The molecule has 0 radical (unpaired) electrons. The monoisotopic (exact) mass is 583 g/mol. The quantitative estimate of drug-likeness (QED) is 0.155. The molecule has 0 unspecified atom stereocenters. The fourth-order valence-electron chi connectivity index (χ4n) is 4.98. The molecule has 2 N–H and O–H groups in total. The zero-order chi connectivity index (χ0) is 30.0. The van der Waals surface area contributed by atoms with Crippen LogP contribution in [0.5, 0.6) is 11.5 Å². The van der Waals surface area contributed by atoms with Gasteiger partial charge in [0.15, 0.2) is 12.6 Å². The predicted octanol–water partition coefficient (Wildman–Crippen LogP) is 5.41. The first kappa shape index (κ1) is 31.7. The highest BCUT2D eigenvalue weighted by molar-refractivity contribution is 5.97. The van der Waals surface area contributed by atoms with Gasteiger partial charge in [-0.1, -0.05) is 31.2 Å². The number of fused-ring (bicyclic) bond motifs is 2. The van der Waals surface area contributed by atoms with Crippen LogP contribution >= 0.6 is 0 Å². The maximum atomic E-state index is 13.5. The Morgan fingerprint density at radius 1 is 1.10 bits per heavy atom. The van der Waals surface area contributed by atoms with Crippen LogP contribution in [0.25, 0.3) is 6.08 Å². The molecule has 0 amide bonds. The number of unbranched alkanes of at least 4 members (excludes halogenated alkanes) is 1. The van der Waals surface area contributed by atoms with Gasteiger partial charge in [0, 0.05) is 31.5 Å². The number of esters is 1. The Morgan fingerprint density at radius 2 is 1.88 bits per heavy atom. The van der Waals surface area contributed by atoms with Crippen LogP contribution in [-0.2, 0) is 25.5 Å². The van der Waals surface area contributed by atoms with E-state index in [2.05, 4.69) is 27.4 Å². The number of methoxy groups -OCH3 is 1. The first-order valence-electron chi connectivity index (χ1n) is 14.8. The lowest BCUT2D eigenvalue weighted by Gasteiger charge is -2.21. The van der Waals surface area contributed by atoms with Gasteiger partial charge >= 0.3 is 5.97 Å².